The van der Waals surface area contributed by atoms with Gasteiger partial charge in [0.1, 0.15) is 5.76 Å². The molecule has 2 aromatic rings. The van der Waals surface area contributed by atoms with E-state index in [1.165, 1.54) is 12.8 Å². The molecule has 94 valence electrons. The van der Waals surface area contributed by atoms with Crippen molar-refractivity contribution in [2.45, 2.75) is 32.0 Å². The molecule has 3 rings (SSSR count). The zero-order valence-corrected chi connectivity index (χ0v) is 10.2. The first-order valence-electron chi connectivity index (χ1n) is 6.28. The van der Waals surface area contributed by atoms with Gasteiger partial charge in [-0.2, -0.15) is 0 Å². The Labute approximate surface area is 106 Å². The fourth-order valence-corrected chi connectivity index (χ4v) is 2.09. The molecule has 2 heterocycles. The van der Waals surface area contributed by atoms with Crippen LogP contribution in [0, 0.1) is 0 Å². The molecule has 0 saturated heterocycles. The Balaban J connectivity index is 1.68. The standard InChI is InChI=1S/C14H17N3O/c15-11-3-4-12(16-8-11)9-17(13-5-6-13)10-14-2-1-7-18-14/h1-4,7-8,13H,5-6,9-10,15H2. The van der Waals surface area contributed by atoms with Crippen LogP contribution in [0.2, 0.25) is 0 Å². The maximum absolute atomic E-state index is 5.65. The molecule has 0 bridgehead atoms. The molecule has 2 aromatic heterocycles. The van der Waals surface area contributed by atoms with Crippen molar-refractivity contribution >= 4 is 5.69 Å². The molecule has 1 fully saturated rings. The summed E-state index contributed by atoms with van der Waals surface area (Å²) < 4.78 is 5.42. The molecule has 0 radical (unpaired) electrons. The third-order valence-electron chi connectivity index (χ3n) is 3.22. The fourth-order valence-electron chi connectivity index (χ4n) is 2.09. The molecule has 0 spiro atoms. The Kier molecular flexibility index (Phi) is 3.02. The summed E-state index contributed by atoms with van der Waals surface area (Å²) in [6.45, 7) is 1.70. The Bertz CT molecular complexity index is 488. The number of hydrogen-bond acceptors (Lipinski definition) is 4. The lowest BCUT2D eigenvalue weighted by Gasteiger charge is -2.20. The Morgan fingerprint density at radius 2 is 2.17 bits per heavy atom. The average Bonchev–Trinajstić information content (AvgIpc) is 3.10. The Morgan fingerprint density at radius 3 is 2.78 bits per heavy atom. The van der Waals surface area contributed by atoms with Crippen LogP contribution in [0.25, 0.3) is 0 Å². The highest BCUT2D eigenvalue weighted by atomic mass is 16.3. The minimum atomic E-state index is 0.675. The molecule has 0 aliphatic heterocycles. The first kappa shape index (κ1) is 11.3. The van der Waals surface area contributed by atoms with Crippen molar-refractivity contribution < 1.29 is 4.42 Å². The maximum atomic E-state index is 5.65. The Morgan fingerprint density at radius 1 is 1.28 bits per heavy atom. The smallest absolute Gasteiger partial charge is 0.117 e. The maximum Gasteiger partial charge on any atom is 0.117 e. The van der Waals surface area contributed by atoms with E-state index in [1.54, 1.807) is 12.5 Å². The van der Waals surface area contributed by atoms with Gasteiger partial charge < -0.3 is 10.2 Å². The number of nitrogens with zero attached hydrogens (tertiary/aromatic N) is 2. The second-order valence-corrected chi connectivity index (χ2v) is 4.80. The summed E-state index contributed by atoms with van der Waals surface area (Å²) >= 11 is 0. The number of nitrogen functional groups attached to an aromatic ring is 1. The van der Waals surface area contributed by atoms with Crippen LogP contribution < -0.4 is 5.73 Å². The van der Waals surface area contributed by atoms with E-state index >= 15 is 0 Å². The van der Waals surface area contributed by atoms with Crippen LogP contribution in [-0.2, 0) is 13.1 Å². The second-order valence-electron chi connectivity index (χ2n) is 4.80. The van der Waals surface area contributed by atoms with Crippen molar-refractivity contribution in [1.82, 2.24) is 9.88 Å². The predicted molar refractivity (Wildman–Crippen MR) is 69.6 cm³/mol. The highest BCUT2D eigenvalue weighted by molar-refractivity contribution is 5.34. The van der Waals surface area contributed by atoms with E-state index in [0.717, 1.165) is 24.5 Å². The summed E-state index contributed by atoms with van der Waals surface area (Å²) in [5.41, 5.74) is 7.42. The van der Waals surface area contributed by atoms with Crippen LogP contribution in [0.1, 0.15) is 24.3 Å². The summed E-state index contributed by atoms with van der Waals surface area (Å²) in [4.78, 5) is 6.77. The van der Waals surface area contributed by atoms with Crippen LogP contribution in [0.15, 0.2) is 41.1 Å². The van der Waals surface area contributed by atoms with Crippen LogP contribution >= 0.6 is 0 Å². The zero-order valence-electron chi connectivity index (χ0n) is 10.2. The van der Waals surface area contributed by atoms with Crippen LogP contribution in [-0.4, -0.2) is 15.9 Å². The van der Waals surface area contributed by atoms with Gasteiger partial charge in [-0.1, -0.05) is 0 Å². The van der Waals surface area contributed by atoms with Gasteiger partial charge in [0.2, 0.25) is 0 Å². The van der Waals surface area contributed by atoms with Crippen molar-refractivity contribution in [3.63, 3.8) is 0 Å². The van der Waals surface area contributed by atoms with Gasteiger partial charge in [0, 0.05) is 12.6 Å². The lowest BCUT2D eigenvalue weighted by Crippen LogP contribution is -2.25. The van der Waals surface area contributed by atoms with Gasteiger partial charge >= 0.3 is 0 Å². The highest BCUT2D eigenvalue weighted by Crippen LogP contribution is 2.29. The highest BCUT2D eigenvalue weighted by Gasteiger charge is 2.29. The number of hydrogen-bond donors (Lipinski definition) is 1. The molecule has 0 unspecified atom stereocenters. The van der Waals surface area contributed by atoms with E-state index in [2.05, 4.69) is 9.88 Å². The van der Waals surface area contributed by atoms with Crippen LogP contribution in [0.3, 0.4) is 0 Å². The molecular weight excluding hydrogens is 226 g/mol. The first-order chi connectivity index (χ1) is 8.81. The van der Waals surface area contributed by atoms with E-state index in [0.29, 0.717) is 11.7 Å². The third kappa shape index (κ3) is 2.71. The van der Waals surface area contributed by atoms with Crippen molar-refractivity contribution in [2.24, 2.45) is 0 Å². The summed E-state index contributed by atoms with van der Waals surface area (Å²) in [5, 5.41) is 0. The van der Waals surface area contributed by atoms with E-state index < -0.39 is 0 Å². The molecule has 0 atom stereocenters. The lowest BCUT2D eigenvalue weighted by molar-refractivity contribution is 0.222. The molecule has 2 N–H and O–H groups in total. The summed E-state index contributed by atoms with van der Waals surface area (Å²) in [6.07, 6.45) is 5.99. The quantitative estimate of drug-likeness (QED) is 0.876. The average molecular weight is 243 g/mol. The second kappa shape index (κ2) is 4.82. The van der Waals surface area contributed by atoms with Crippen LogP contribution in [0.4, 0.5) is 5.69 Å². The van der Waals surface area contributed by atoms with Crippen molar-refractivity contribution in [2.75, 3.05) is 5.73 Å². The van der Waals surface area contributed by atoms with Gasteiger partial charge in [0.25, 0.3) is 0 Å². The number of pyridine rings is 1. The van der Waals surface area contributed by atoms with Crippen molar-refractivity contribution in [3.05, 3.63) is 48.2 Å². The predicted octanol–water partition coefficient (Wildman–Crippen LogP) is 2.42. The Hall–Kier alpha value is -1.81. The molecule has 4 nitrogen and oxygen atoms in total. The molecule has 4 heteroatoms. The van der Waals surface area contributed by atoms with Gasteiger partial charge in [-0.15, -0.1) is 0 Å². The topological polar surface area (TPSA) is 55.3 Å². The van der Waals surface area contributed by atoms with Gasteiger partial charge in [-0.25, -0.2) is 0 Å². The van der Waals surface area contributed by atoms with Gasteiger partial charge in [-0.3, -0.25) is 9.88 Å². The SMILES string of the molecule is Nc1ccc(CN(Cc2ccco2)C2CC2)nc1. The molecule has 1 saturated carbocycles. The van der Waals surface area contributed by atoms with E-state index in [4.69, 9.17) is 10.2 Å². The van der Waals surface area contributed by atoms with Gasteiger partial charge in [-0.05, 0) is 37.1 Å². The number of nitrogens with two attached hydrogens (primary N) is 1. The van der Waals surface area contributed by atoms with Crippen LogP contribution in [0.5, 0.6) is 0 Å². The normalized spacial score (nSPS) is 15.2. The number of aromatic nitrogens is 1. The lowest BCUT2D eigenvalue weighted by atomic mass is 10.3. The monoisotopic (exact) mass is 243 g/mol. The van der Waals surface area contributed by atoms with Gasteiger partial charge in [0.05, 0.1) is 30.4 Å². The van der Waals surface area contributed by atoms with E-state index in [-0.39, 0.29) is 0 Å². The van der Waals surface area contributed by atoms with Gasteiger partial charge in [0.15, 0.2) is 0 Å². The van der Waals surface area contributed by atoms with E-state index in [1.807, 2.05) is 24.3 Å². The summed E-state index contributed by atoms with van der Waals surface area (Å²) in [5.74, 6) is 1.01. The minimum absolute atomic E-state index is 0.675. The largest absolute Gasteiger partial charge is 0.468 e. The van der Waals surface area contributed by atoms with Crippen molar-refractivity contribution in [1.29, 1.82) is 0 Å². The summed E-state index contributed by atoms with van der Waals surface area (Å²) in [6, 6.07) is 8.52. The molecule has 0 aromatic carbocycles. The number of furan rings is 1. The van der Waals surface area contributed by atoms with E-state index in [9.17, 15) is 0 Å². The third-order valence-corrected chi connectivity index (χ3v) is 3.22. The summed E-state index contributed by atoms with van der Waals surface area (Å²) in [7, 11) is 0. The molecule has 0 amide bonds. The van der Waals surface area contributed by atoms with Crippen molar-refractivity contribution in [3.8, 4) is 0 Å². The minimum Gasteiger partial charge on any atom is -0.468 e. The number of rotatable bonds is 5. The number of anilines is 1. The first-order valence-corrected chi connectivity index (χ1v) is 6.28. The molecular formula is C14H17N3O. The fraction of sp³-hybridized carbons (Fsp3) is 0.357. The molecule has 18 heavy (non-hydrogen) atoms. The molecule has 1 aliphatic carbocycles. The zero-order chi connectivity index (χ0) is 12.4. The molecule has 1 aliphatic rings.